The highest BCUT2D eigenvalue weighted by Gasteiger charge is 2.06. The molecule has 1 aliphatic heterocycles. The second-order valence-corrected chi connectivity index (χ2v) is 6.27. The van der Waals surface area contributed by atoms with E-state index >= 15 is 0 Å². The van der Waals surface area contributed by atoms with Gasteiger partial charge in [0.1, 0.15) is 0 Å². The molecule has 1 heterocycles. The summed E-state index contributed by atoms with van der Waals surface area (Å²) in [5.41, 5.74) is 0. The molecule has 19 heavy (non-hydrogen) atoms. The third-order valence-corrected chi connectivity index (χ3v) is 4.14. The van der Waals surface area contributed by atoms with E-state index in [9.17, 15) is 0 Å². The first kappa shape index (κ1) is 16.9. The van der Waals surface area contributed by atoms with Crippen molar-refractivity contribution in [1.29, 1.82) is 0 Å². The van der Waals surface area contributed by atoms with E-state index in [1.807, 2.05) is 0 Å². The lowest BCUT2D eigenvalue weighted by Gasteiger charge is -2.23. The van der Waals surface area contributed by atoms with Crippen LogP contribution in [-0.4, -0.2) is 100 Å². The molecular formula is C15H34N4. The van der Waals surface area contributed by atoms with Crippen molar-refractivity contribution >= 4 is 0 Å². The lowest BCUT2D eigenvalue weighted by molar-refractivity contribution is 0.236. The summed E-state index contributed by atoms with van der Waals surface area (Å²) in [6.45, 7) is 9.69. The van der Waals surface area contributed by atoms with Gasteiger partial charge in [-0.1, -0.05) is 0 Å². The van der Waals surface area contributed by atoms with Gasteiger partial charge >= 0.3 is 0 Å². The summed E-state index contributed by atoms with van der Waals surface area (Å²) in [7, 11) is 9.01. The van der Waals surface area contributed by atoms with Crippen LogP contribution in [0.5, 0.6) is 0 Å². The minimum Gasteiger partial charge on any atom is -0.305 e. The Morgan fingerprint density at radius 1 is 0.368 bits per heavy atom. The summed E-state index contributed by atoms with van der Waals surface area (Å²) in [5, 5.41) is 0. The topological polar surface area (TPSA) is 13.0 Å². The maximum atomic E-state index is 2.47. The summed E-state index contributed by atoms with van der Waals surface area (Å²) < 4.78 is 0. The van der Waals surface area contributed by atoms with E-state index in [-0.39, 0.29) is 0 Å². The predicted octanol–water partition coefficient (Wildman–Crippen LogP) is 0.898. The minimum atomic E-state index is 1.19. The van der Waals surface area contributed by atoms with Gasteiger partial charge in [-0.05, 0) is 73.6 Å². The van der Waals surface area contributed by atoms with Crippen LogP contribution < -0.4 is 0 Å². The van der Waals surface area contributed by atoms with Gasteiger partial charge in [0.2, 0.25) is 0 Å². The molecule has 0 atom stereocenters. The molecule has 114 valence electrons. The van der Waals surface area contributed by atoms with Gasteiger partial charge in [-0.3, -0.25) is 0 Å². The van der Waals surface area contributed by atoms with E-state index in [0.29, 0.717) is 0 Å². The molecule has 1 fully saturated rings. The molecule has 0 saturated carbocycles. The van der Waals surface area contributed by atoms with Crippen molar-refractivity contribution in [2.24, 2.45) is 0 Å². The molecule has 1 rings (SSSR count). The van der Waals surface area contributed by atoms with Crippen molar-refractivity contribution in [3.8, 4) is 0 Å². The molecule has 1 saturated heterocycles. The second kappa shape index (κ2) is 9.70. The van der Waals surface area contributed by atoms with Crippen LogP contribution >= 0.6 is 0 Å². The molecule has 0 bridgehead atoms. The van der Waals surface area contributed by atoms with Gasteiger partial charge in [-0.15, -0.1) is 0 Å². The summed E-state index contributed by atoms with van der Waals surface area (Å²) in [5.74, 6) is 0. The van der Waals surface area contributed by atoms with Crippen LogP contribution in [-0.2, 0) is 0 Å². The molecule has 0 radical (unpaired) electrons. The number of hydrogen-bond acceptors (Lipinski definition) is 4. The second-order valence-electron chi connectivity index (χ2n) is 6.27. The largest absolute Gasteiger partial charge is 0.305 e. The average Bonchev–Trinajstić information content (AvgIpc) is 2.38. The zero-order valence-corrected chi connectivity index (χ0v) is 13.6. The van der Waals surface area contributed by atoms with Crippen LogP contribution in [0, 0.1) is 0 Å². The predicted molar refractivity (Wildman–Crippen MR) is 83.8 cm³/mol. The molecule has 0 aromatic carbocycles. The van der Waals surface area contributed by atoms with Crippen LogP contribution in [0.2, 0.25) is 0 Å². The third-order valence-electron chi connectivity index (χ3n) is 4.14. The van der Waals surface area contributed by atoms with Crippen molar-refractivity contribution in [2.75, 3.05) is 80.5 Å². The fourth-order valence-corrected chi connectivity index (χ4v) is 2.50. The number of likely N-dealkylation sites (N-methyl/N-ethyl adjacent to an activating group) is 4. The Morgan fingerprint density at radius 3 is 0.947 bits per heavy atom. The van der Waals surface area contributed by atoms with Gasteiger partial charge in [0.25, 0.3) is 0 Å². The van der Waals surface area contributed by atoms with Crippen molar-refractivity contribution < 1.29 is 0 Å². The first-order chi connectivity index (χ1) is 9.08. The smallest absolute Gasteiger partial charge is 0.0106 e. The zero-order valence-electron chi connectivity index (χ0n) is 13.6. The third kappa shape index (κ3) is 8.58. The Balaban J connectivity index is 2.36. The van der Waals surface area contributed by atoms with Crippen molar-refractivity contribution in [3.05, 3.63) is 0 Å². The van der Waals surface area contributed by atoms with Crippen molar-refractivity contribution in [3.63, 3.8) is 0 Å². The maximum absolute atomic E-state index is 2.47. The number of nitrogens with zero attached hydrogens (tertiary/aromatic N) is 4. The molecule has 0 aromatic rings. The maximum Gasteiger partial charge on any atom is 0.0106 e. The molecule has 0 aliphatic carbocycles. The fraction of sp³-hybridized carbons (Fsp3) is 1.00. The first-order valence-corrected chi connectivity index (χ1v) is 7.82. The van der Waals surface area contributed by atoms with Gasteiger partial charge in [-0.2, -0.15) is 0 Å². The molecule has 0 aromatic heterocycles. The van der Waals surface area contributed by atoms with Crippen LogP contribution in [0.4, 0.5) is 0 Å². The van der Waals surface area contributed by atoms with Crippen LogP contribution in [0.1, 0.15) is 19.3 Å². The quantitative estimate of drug-likeness (QED) is 0.648. The van der Waals surface area contributed by atoms with E-state index < -0.39 is 0 Å². The monoisotopic (exact) mass is 270 g/mol. The Kier molecular flexibility index (Phi) is 8.62. The van der Waals surface area contributed by atoms with Gasteiger partial charge in [-0.25, -0.2) is 0 Å². The summed E-state index contributed by atoms with van der Waals surface area (Å²) >= 11 is 0. The highest BCUT2D eigenvalue weighted by Crippen LogP contribution is 1.99. The number of rotatable bonds is 0. The summed E-state index contributed by atoms with van der Waals surface area (Å²) in [6, 6.07) is 0. The van der Waals surface area contributed by atoms with Crippen LogP contribution in [0.25, 0.3) is 0 Å². The average molecular weight is 270 g/mol. The molecule has 4 nitrogen and oxygen atoms in total. The Hall–Kier alpha value is -0.160. The van der Waals surface area contributed by atoms with Gasteiger partial charge in [0.05, 0.1) is 0 Å². The van der Waals surface area contributed by atoms with E-state index in [0.717, 1.165) is 0 Å². The SMILES string of the molecule is CN1CCCCN(C)CCN(C)CCCN(C)CC1. The van der Waals surface area contributed by atoms with E-state index in [1.165, 1.54) is 71.6 Å². The van der Waals surface area contributed by atoms with Crippen molar-refractivity contribution in [2.45, 2.75) is 19.3 Å². The first-order valence-electron chi connectivity index (χ1n) is 7.82. The van der Waals surface area contributed by atoms with Gasteiger partial charge < -0.3 is 19.6 Å². The molecule has 0 spiro atoms. The normalized spacial score (nSPS) is 25.9. The molecular weight excluding hydrogens is 236 g/mol. The Morgan fingerprint density at radius 2 is 0.632 bits per heavy atom. The van der Waals surface area contributed by atoms with E-state index in [4.69, 9.17) is 0 Å². The molecule has 0 N–H and O–H groups in total. The van der Waals surface area contributed by atoms with Gasteiger partial charge in [0, 0.05) is 26.2 Å². The lowest BCUT2D eigenvalue weighted by Crippen LogP contribution is -2.34. The molecule has 1 aliphatic rings. The van der Waals surface area contributed by atoms with Gasteiger partial charge in [0.15, 0.2) is 0 Å². The molecule has 0 unspecified atom stereocenters. The van der Waals surface area contributed by atoms with E-state index in [1.54, 1.807) is 0 Å². The van der Waals surface area contributed by atoms with E-state index in [2.05, 4.69) is 47.8 Å². The summed E-state index contributed by atoms with van der Waals surface area (Å²) in [4.78, 5) is 9.89. The van der Waals surface area contributed by atoms with Crippen LogP contribution in [0.15, 0.2) is 0 Å². The Bertz CT molecular complexity index is 200. The number of hydrogen-bond donors (Lipinski definition) is 0. The summed E-state index contributed by atoms with van der Waals surface area (Å²) in [6.07, 6.45) is 3.92. The Labute approximate surface area is 120 Å². The van der Waals surface area contributed by atoms with Crippen molar-refractivity contribution in [1.82, 2.24) is 19.6 Å². The minimum absolute atomic E-state index is 1.19. The lowest BCUT2D eigenvalue weighted by atomic mass is 10.3. The van der Waals surface area contributed by atoms with Crippen LogP contribution in [0.3, 0.4) is 0 Å². The fourth-order valence-electron chi connectivity index (χ4n) is 2.50. The molecule has 0 amide bonds. The zero-order chi connectivity index (χ0) is 14.1. The highest BCUT2D eigenvalue weighted by atomic mass is 15.2. The standard InChI is InChI=1S/C15H34N4/c1-16-8-5-6-9-17(2)13-15-19(4)11-7-10-18(3)14-12-16/h5-15H2,1-4H3. The highest BCUT2D eigenvalue weighted by molar-refractivity contribution is 4.63. The molecule has 4 heteroatoms.